The van der Waals surface area contributed by atoms with Crippen LogP contribution in [-0.4, -0.2) is 32.7 Å². The van der Waals surface area contributed by atoms with Crippen LogP contribution in [0.5, 0.6) is 0 Å². The van der Waals surface area contributed by atoms with Crippen LogP contribution >= 0.6 is 0 Å². The fraction of sp³-hybridized carbons (Fsp3) is 0.438. The SMILES string of the molecule is CN(C)S(=O)(=O)c1ccc(F)c(NC(=O)CC2=CCCCC2)c1. The second-order valence-corrected chi connectivity index (χ2v) is 7.91. The van der Waals surface area contributed by atoms with Gasteiger partial charge in [-0.15, -0.1) is 0 Å². The van der Waals surface area contributed by atoms with Crippen LogP contribution in [0.4, 0.5) is 10.1 Å². The van der Waals surface area contributed by atoms with Gasteiger partial charge in [-0.1, -0.05) is 11.6 Å². The van der Waals surface area contributed by atoms with E-state index in [2.05, 4.69) is 5.32 Å². The van der Waals surface area contributed by atoms with Crippen molar-refractivity contribution in [3.05, 3.63) is 35.7 Å². The lowest BCUT2D eigenvalue weighted by Gasteiger charge is -2.15. The average Bonchev–Trinajstić information content (AvgIpc) is 2.50. The highest BCUT2D eigenvalue weighted by Crippen LogP contribution is 2.23. The Labute approximate surface area is 136 Å². The third kappa shape index (κ3) is 4.39. The molecule has 1 aromatic carbocycles. The maximum Gasteiger partial charge on any atom is 0.242 e. The van der Waals surface area contributed by atoms with Crippen LogP contribution in [0.3, 0.4) is 0 Å². The van der Waals surface area contributed by atoms with E-state index in [0.29, 0.717) is 0 Å². The molecule has 0 heterocycles. The van der Waals surface area contributed by atoms with Gasteiger partial charge in [0.25, 0.3) is 0 Å². The van der Waals surface area contributed by atoms with Crippen molar-refractivity contribution < 1.29 is 17.6 Å². The Morgan fingerprint density at radius 3 is 2.65 bits per heavy atom. The summed E-state index contributed by atoms with van der Waals surface area (Å²) < 4.78 is 39.1. The fourth-order valence-corrected chi connectivity index (χ4v) is 3.37. The Balaban J connectivity index is 2.16. The van der Waals surface area contributed by atoms with Crippen molar-refractivity contribution in [2.24, 2.45) is 0 Å². The number of allylic oxidation sites excluding steroid dienone is 1. The van der Waals surface area contributed by atoms with Crippen molar-refractivity contribution >= 4 is 21.6 Å². The number of carbonyl (C=O) groups is 1. The number of anilines is 1. The summed E-state index contributed by atoms with van der Waals surface area (Å²) in [6.07, 6.45) is 6.29. The van der Waals surface area contributed by atoms with Crippen LogP contribution in [0.15, 0.2) is 34.7 Å². The topological polar surface area (TPSA) is 66.5 Å². The number of amides is 1. The first-order chi connectivity index (χ1) is 10.8. The Hall–Kier alpha value is -1.73. The summed E-state index contributed by atoms with van der Waals surface area (Å²) in [7, 11) is -0.884. The molecule has 1 aromatic rings. The third-order valence-corrected chi connectivity index (χ3v) is 5.57. The zero-order valence-electron chi connectivity index (χ0n) is 13.3. The lowest BCUT2D eigenvalue weighted by molar-refractivity contribution is -0.115. The third-order valence-electron chi connectivity index (χ3n) is 3.76. The highest BCUT2D eigenvalue weighted by molar-refractivity contribution is 7.89. The van der Waals surface area contributed by atoms with Crippen LogP contribution in [-0.2, 0) is 14.8 Å². The van der Waals surface area contributed by atoms with Gasteiger partial charge in [0.2, 0.25) is 15.9 Å². The minimum Gasteiger partial charge on any atom is -0.323 e. The minimum atomic E-state index is -3.68. The second-order valence-electron chi connectivity index (χ2n) is 5.76. The number of carbonyl (C=O) groups excluding carboxylic acids is 1. The van der Waals surface area contributed by atoms with Crippen molar-refractivity contribution in [3.63, 3.8) is 0 Å². The van der Waals surface area contributed by atoms with Gasteiger partial charge in [0, 0.05) is 20.5 Å². The van der Waals surface area contributed by atoms with E-state index in [4.69, 9.17) is 0 Å². The summed E-state index contributed by atoms with van der Waals surface area (Å²) in [6.45, 7) is 0. The molecule has 0 radical (unpaired) electrons. The van der Waals surface area contributed by atoms with Gasteiger partial charge in [0.1, 0.15) is 5.82 Å². The van der Waals surface area contributed by atoms with Crippen molar-refractivity contribution in [1.29, 1.82) is 0 Å². The first-order valence-electron chi connectivity index (χ1n) is 7.50. The molecule has 0 aromatic heterocycles. The van der Waals surface area contributed by atoms with Crippen LogP contribution in [0.1, 0.15) is 32.1 Å². The lowest BCUT2D eigenvalue weighted by Crippen LogP contribution is -2.22. The Morgan fingerprint density at radius 2 is 2.04 bits per heavy atom. The van der Waals surface area contributed by atoms with E-state index in [9.17, 15) is 17.6 Å². The van der Waals surface area contributed by atoms with Crippen molar-refractivity contribution in [1.82, 2.24) is 4.31 Å². The average molecular weight is 340 g/mol. The summed E-state index contributed by atoms with van der Waals surface area (Å²) in [6, 6.07) is 3.38. The number of halogens is 1. The molecule has 0 saturated carbocycles. The van der Waals surface area contributed by atoms with Crippen LogP contribution < -0.4 is 5.32 Å². The molecule has 1 aliphatic rings. The van der Waals surface area contributed by atoms with E-state index in [1.54, 1.807) is 0 Å². The molecule has 1 amide bonds. The first kappa shape index (κ1) is 17.6. The van der Waals surface area contributed by atoms with E-state index < -0.39 is 15.8 Å². The quantitative estimate of drug-likeness (QED) is 0.838. The van der Waals surface area contributed by atoms with Crippen molar-refractivity contribution in [3.8, 4) is 0 Å². The normalized spacial score (nSPS) is 15.4. The molecule has 2 rings (SSSR count). The standard InChI is InChI=1S/C16H21FN2O3S/c1-19(2)23(21,22)13-8-9-14(17)15(11-13)18-16(20)10-12-6-4-3-5-7-12/h6,8-9,11H,3-5,7,10H2,1-2H3,(H,18,20). The largest absolute Gasteiger partial charge is 0.323 e. The highest BCUT2D eigenvalue weighted by Gasteiger charge is 2.20. The molecule has 0 atom stereocenters. The molecular weight excluding hydrogens is 319 g/mol. The maximum atomic E-state index is 13.9. The Morgan fingerprint density at radius 1 is 1.30 bits per heavy atom. The van der Waals surface area contributed by atoms with Gasteiger partial charge < -0.3 is 5.32 Å². The fourth-order valence-electron chi connectivity index (χ4n) is 2.44. The van der Waals surface area contributed by atoms with E-state index in [0.717, 1.165) is 47.7 Å². The maximum absolute atomic E-state index is 13.9. The molecule has 7 heteroatoms. The summed E-state index contributed by atoms with van der Waals surface area (Å²) in [5, 5.41) is 2.47. The summed E-state index contributed by atoms with van der Waals surface area (Å²) in [4.78, 5) is 12.0. The van der Waals surface area contributed by atoms with Gasteiger partial charge in [-0.05, 0) is 43.9 Å². The van der Waals surface area contributed by atoms with E-state index in [1.807, 2.05) is 6.08 Å². The van der Waals surface area contributed by atoms with Crippen LogP contribution in [0.2, 0.25) is 0 Å². The molecule has 0 bridgehead atoms. The molecular formula is C16H21FN2O3S. The molecule has 0 fully saturated rings. The number of nitrogens with zero attached hydrogens (tertiary/aromatic N) is 1. The van der Waals surface area contributed by atoms with E-state index in [1.165, 1.54) is 20.2 Å². The summed E-state index contributed by atoms with van der Waals surface area (Å²) in [5.74, 6) is -0.995. The molecule has 0 saturated heterocycles. The van der Waals surface area contributed by atoms with Crippen LogP contribution in [0, 0.1) is 5.82 Å². The van der Waals surface area contributed by atoms with Gasteiger partial charge in [0.15, 0.2) is 0 Å². The van der Waals surface area contributed by atoms with Crippen molar-refractivity contribution in [2.75, 3.05) is 19.4 Å². The summed E-state index contributed by atoms with van der Waals surface area (Å²) >= 11 is 0. The van der Waals surface area contributed by atoms with Gasteiger partial charge in [-0.3, -0.25) is 4.79 Å². The summed E-state index contributed by atoms with van der Waals surface area (Å²) in [5.41, 5.74) is 0.931. The van der Waals surface area contributed by atoms with Gasteiger partial charge in [-0.25, -0.2) is 17.1 Å². The number of sulfonamides is 1. The Bertz CT molecular complexity index is 727. The predicted octanol–water partition coefficient (Wildman–Crippen LogP) is 2.91. The Kier molecular flexibility index (Phi) is 5.54. The molecule has 1 N–H and O–H groups in total. The first-order valence-corrected chi connectivity index (χ1v) is 8.94. The highest BCUT2D eigenvalue weighted by atomic mass is 32.2. The molecule has 0 spiro atoms. The number of rotatable bonds is 5. The number of hydrogen-bond donors (Lipinski definition) is 1. The second kappa shape index (κ2) is 7.23. The molecule has 126 valence electrons. The molecule has 1 aliphatic carbocycles. The lowest BCUT2D eigenvalue weighted by atomic mass is 9.97. The van der Waals surface area contributed by atoms with Crippen LogP contribution in [0.25, 0.3) is 0 Å². The zero-order chi connectivity index (χ0) is 17.0. The minimum absolute atomic E-state index is 0.0592. The molecule has 23 heavy (non-hydrogen) atoms. The van der Waals surface area contributed by atoms with Gasteiger partial charge in [0.05, 0.1) is 10.6 Å². The predicted molar refractivity (Wildman–Crippen MR) is 87.1 cm³/mol. The molecule has 0 unspecified atom stereocenters. The van der Waals surface area contributed by atoms with E-state index >= 15 is 0 Å². The van der Waals surface area contributed by atoms with Gasteiger partial charge >= 0.3 is 0 Å². The molecule has 0 aliphatic heterocycles. The number of hydrogen-bond acceptors (Lipinski definition) is 3. The van der Waals surface area contributed by atoms with Crippen molar-refractivity contribution in [2.45, 2.75) is 37.0 Å². The zero-order valence-corrected chi connectivity index (χ0v) is 14.1. The number of nitrogens with one attached hydrogen (secondary N) is 1. The molecule has 5 nitrogen and oxygen atoms in total. The van der Waals surface area contributed by atoms with E-state index in [-0.39, 0.29) is 22.9 Å². The smallest absolute Gasteiger partial charge is 0.242 e. The monoisotopic (exact) mass is 340 g/mol. The van der Waals surface area contributed by atoms with Gasteiger partial charge in [-0.2, -0.15) is 0 Å². The number of benzene rings is 1.